The van der Waals surface area contributed by atoms with Gasteiger partial charge < -0.3 is 10.4 Å². The van der Waals surface area contributed by atoms with Crippen LogP contribution in [0.2, 0.25) is 0 Å². The molecule has 4 nitrogen and oxygen atoms in total. The van der Waals surface area contributed by atoms with E-state index in [1.807, 2.05) is 29.1 Å². The molecule has 2 N–H and O–H groups in total. The third-order valence-corrected chi connectivity index (χ3v) is 4.44. The Balaban J connectivity index is 1.47. The van der Waals surface area contributed by atoms with Crippen LogP contribution < -0.4 is 5.32 Å². The van der Waals surface area contributed by atoms with Crippen molar-refractivity contribution in [2.75, 3.05) is 6.54 Å². The second-order valence-electron chi connectivity index (χ2n) is 6.42. The van der Waals surface area contributed by atoms with Crippen LogP contribution in [0.4, 0.5) is 0 Å². The van der Waals surface area contributed by atoms with Gasteiger partial charge in [0.1, 0.15) is 0 Å². The van der Waals surface area contributed by atoms with E-state index in [4.69, 9.17) is 0 Å². The predicted octanol–water partition coefficient (Wildman–Crippen LogP) is 2.72. The van der Waals surface area contributed by atoms with E-state index in [9.17, 15) is 5.11 Å². The Kier molecular flexibility index (Phi) is 4.90. The molecule has 22 heavy (non-hydrogen) atoms. The van der Waals surface area contributed by atoms with Crippen molar-refractivity contribution >= 4 is 0 Å². The van der Waals surface area contributed by atoms with Crippen molar-refractivity contribution in [2.45, 2.75) is 50.8 Å². The first kappa shape index (κ1) is 15.3. The van der Waals surface area contributed by atoms with Crippen LogP contribution in [0.15, 0.2) is 42.7 Å². The Morgan fingerprint density at radius 2 is 1.86 bits per heavy atom. The summed E-state index contributed by atoms with van der Waals surface area (Å²) >= 11 is 0. The van der Waals surface area contributed by atoms with Gasteiger partial charge in [-0.05, 0) is 18.4 Å². The van der Waals surface area contributed by atoms with Crippen LogP contribution >= 0.6 is 0 Å². The van der Waals surface area contributed by atoms with Crippen LogP contribution in [0.3, 0.4) is 0 Å². The first-order valence-electron chi connectivity index (χ1n) is 8.22. The summed E-state index contributed by atoms with van der Waals surface area (Å²) in [6, 6.07) is 10.3. The smallest absolute Gasteiger partial charge is 0.0771 e. The minimum absolute atomic E-state index is 0.502. The largest absolute Gasteiger partial charge is 0.389 e. The van der Waals surface area contributed by atoms with Gasteiger partial charge in [-0.1, -0.05) is 49.6 Å². The maximum absolute atomic E-state index is 10.5. The summed E-state index contributed by atoms with van der Waals surface area (Å²) < 4.78 is 1.96. The van der Waals surface area contributed by atoms with E-state index in [1.165, 1.54) is 12.0 Å². The SMILES string of the molecule is OC1(CNCc2cnn(Cc3ccccc3)c2)CCCCC1. The maximum Gasteiger partial charge on any atom is 0.0771 e. The van der Waals surface area contributed by atoms with Crippen LogP contribution in [0.5, 0.6) is 0 Å². The van der Waals surface area contributed by atoms with E-state index >= 15 is 0 Å². The van der Waals surface area contributed by atoms with Crippen molar-refractivity contribution in [3.8, 4) is 0 Å². The number of aromatic nitrogens is 2. The van der Waals surface area contributed by atoms with E-state index in [2.05, 4.69) is 28.7 Å². The van der Waals surface area contributed by atoms with Crippen molar-refractivity contribution < 1.29 is 5.11 Å². The molecule has 118 valence electrons. The first-order chi connectivity index (χ1) is 10.7. The number of hydrogen-bond donors (Lipinski definition) is 2. The molecular weight excluding hydrogens is 274 g/mol. The number of nitrogens with one attached hydrogen (secondary N) is 1. The van der Waals surface area contributed by atoms with Crippen LogP contribution in [0, 0.1) is 0 Å². The highest BCUT2D eigenvalue weighted by atomic mass is 16.3. The minimum atomic E-state index is -0.502. The Bertz CT molecular complexity index is 573. The third kappa shape index (κ3) is 4.18. The van der Waals surface area contributed by atoms with E-state index in [-0.39, 0.29) is 0 Å². The molecule has 0 unspecified atom stereocenters. The molecule has 1 heterocycles. The predicted molar refractivity (Wildman–Crippen MR) is 87.5 cm³/mol. The molecule has 1 aromatic heterocycles. The lowest BCUT2D eigenvalue weighted by atomic mass is 9.85. The molecule has 3 rings (SSSR count). The standard InChI is InChI=1S/C18H25N3O/c22-18(9-5-2-6-10-18)15-19-11-17-12-20-21(14-17)13-16-7-3-1-4-8-16/h1,3-4,7-8,12,14,19,22H,2,5-6,9-11,13,15H2. The number of rotatable bonds is 6. The Labute approximate surface area is 132 Å². The number of benzene rings is 1. The fourth-order valence-electron chi connectivity index (χ4n) is 3.18. The van der Waals surface area contributed by atoms with Crippen molar-refractivity contribution in [1.82, 2.24) is 15.1 Å². The lowest BCUT2D eigenvalue weighted by Gasteiger charge is -2.32. The lowest BCUT2D eigenvalue weighted by Crippen LogP contribution is -2.41. The summed E-state index contributed by atoms with van der Waals surface area (Å²) in [5.41, 5.74) is 1.91. The molecule has 1 aromatic carbocycles. The summed E-state index contributed by atoms with van der Waals surface area (Å²) in [5.74, 6) is 0. The van der Waals surface area contributed by atoms with Crippen LogP contribution in [-0.2, 0) is 13.1 Å². The molecule has 0 atom stereocenters. The molecule has 0 spiro atoms. The second kappa shape index (κ2) is 7.07. The van der Waals surface area contributed by atoms with Crippen molar-refractivity contribution in [3.05, 3.63) is 53.9 Å². The van der Waals surface area contributed by atoms with Gasteiger partial charge in [0.05, 0.1) is 18.3 Å². The number of aliphatic hydroxyl groups is 1. The molecule has 1 fully saturated rings. The summed E-state index contributed by atoms with van der Waals surface area (Å²) in [4.78, 5) is 0. The normalized spacial score (nSPS) is 17.5. The van der Waals surface area contributed by atoms with Gasteiger partial charge >= 0.3 is 0 Å². The molecule has 0 bridgehead atoms. The highest BCUT2D eigenvalue weighted by Crippen LogP contribution is 2.27. The van der Waals surface area contributed by atoms with E-state index in [1.54, 1.807) is 0 Å². The quantitative estimate of drug-likeness (QED) is 0.862. The minimum Gasteiger partial charge on any atom is -0.389 e. The molecule has 4 heteroatoms. The summed E-state index contributed by atoms with van der Waals surface area (Å²) in [7, 11) is 0. The van der Waals surface area contributed by atoms with Gasteiger partial charge in [-0.2, -0.15) is 5.10 Å². The third-order valence-electron chi connectivity index (χ3n) is 4.44. The van der Waals surface area contributed by atoms with E-state index in [0.29, 0.717) is 6.54 Å². The molecule has 0 aliphatic heterocycles. The summed E-state index contributed by atoms with van der Waals surface area (Å²) in [6.45, 7) is 2.23. The zero-order valence-electron chi connectivity index (χ0n) is 13.0. The van der Waals surface area contributed by atoms with Gasteiger partial charge in [0, 0.05) is 24.8 Å². The summed E-state index contributed by atoms with van der Waals surface area (Å²) in [5, 5.41) is 18.3. The second-order valence-corrected chi connectivity index (χ2v) is 6.42. The van der Waals surface area contributed by atoms with E-state index in [0.717, 1.165) is 44.3 Å². The Hall–Kier alpha value is -1.65. The van der Waals surface area contributed by atoms with Crippen LogP contribution in [0.25, 0.3) is 0 Å². The monoisotopic (exact) mass is 299 g/mol. The van der Waals surface area contributed by atoms with Crippen LogP contribution in [0.1, 0.15) is 43.2 Å². The maximum atomic E-state index is 10.5. The van der Waals surface area contributed by atoms with Crippen LogP contribution in [-0.4, -0.2) is 27.0 Å². The Morgan fingerprint density at radius 3 is 2.64 bits per heavy atom. The Morgan fingerprint density at radius 1 is 1.09 bits per heavy atom. The zero-order chi connectivity index (χ0) is 15.3. The number of hydrogen-bond acceptors (Lipinski definition) is 3. The molecule has 0 saturated heterocycles. The van der Waals surface area contributed by atoms with Crippen molar-refractivity contribution in [2.24, 2.45) is 0 Å². The summed E-state index contributed by atoms with van der Waals surface area (Å²) in [6.07, 6.45) is 9.38. The topological polar surface area (TPSA) is 50.1 Å². The first-order valence-corrected chi connectivity index (χ1v) is 8.22. The van der Waals surface area contributed by atoms with E-state index < -0.39 is 5.60 Å². The molecule has 1 saturated carbocycles. The van der Waals surface area contributed by atoms with Gasteiger partial charge in [-0.25, -0.2) is 0 Å². The lowest BCUT2D eigenvalue weighted by molar-refractivity contribution is 0.00467. The van der Waals surface area contributed by atoms with Gasteiger partial charge in [0.2, 0.25) is 0 Å². The molecular formula is C18H25N3O. The highest BCUT2D eigenvalue weighted by molar-refractivity contribution is 5.15. The fraction of sp³-hybridized carbons (Fsp3) is 0.500. The molecule has 1 aliphatic carbocycles. The molecule has 2 aromatic rings. The highest BCUT2D eigenvalue weighted by Gasteiger charge is 2.28. The van der Waals surface area contributed by atoms with Gasteiger partial charge in [-0.3, -0.25) is 4.68 Å². The van der Waals surface area contributed by atoms with Gasteiger partial charge in [0.25, 0.3) is 0 Å². The van der Waals surface area contributed by atoms with Gasteiger partial charge in [0.15, 0.2) is 0 Å². The van der Waals surface area contributed by atoms with Crippen molar-refractivity contribution in [3.63, 3.8) is 0 Å². The molecule has 0 radical (unpaired) electrons. The number of nitrogens with zero attached hydrogens (tertiary/aromatic N) is 2. The van der Waals surface area contributed by atoms with Crippen molar-refractivity contribution in [1.29, 1.82) is 0 Å². The molecule has 0 amide bonds. The fourth-order valence-corrected chi connectivity index (χ4v) is 3.18. The average molecular weight is 299 g/mol. The van der Waals surface area contributed by atoms with Gasteiger partial charge in [-0.15, -0.1) is 0 Å². The zero-order valence-corrected chi connectivity index (χ0v) is 13.0. The average Bonchev–Trinajstić information content (AvgIpc) is 2.96. The molecule has 1 aliphatic rings.